The maximum Gasteiger partial charge on any atom is 0.318 e. The molecule has 0 aliphatic heterocycles. The Hall–Kier alpha value is -0.620. The number of likely N-dealkylation sites (N-methyl/N-ethyl adjacent to an activating group) is 1. The second-order valence-corrected chi connectivity index (χ2v) is 6.60. The molecule has 0 atom stereocenters. The number of carboxylic acid groups (broad SMARTS) is 1. The number of aliphatic carboxylic acids is 1. The van der Waals surface area contributed by atoms with Gasteiger partial charge in [0, 0.05) is 7.05 Å². The van der Waals surface area contributed by atoms with Crippen molar-refractivity contribution in [3.8, 4) is 0 Å². The fourth-order valence-corrected chi connectivity index (χ4v) is 3.31. The van der Waals surface area contributed by atoms with Crippen molar-refractivity contribution >= 4 is 16.0 Å². The minimum Gasteiger partial charge on any atom is -0.480 e. The normalized spacial score (nSPS) is 18.1. The molecule has 1 rings (SSSR count). The van der Waals surface area contributed by atoms with Crippen LogP contribution in [0.25, 0.3) is 0 Å². The summed E-state index contributed by atoms with van der Waals surface area (Å²) in [5.74, 6) is -0.540. The average molecular weight is 249 g/mol. The number of carbonyl (C=O) groups is 1. The number of carboxylic acids is 1. The van der Waals surface area contributed by atoms with Gasteiger partial charge in [0.15, 0.2) is 0 Å². The van der Waals surface area contributed by atoms with E-state index in [1.54, 1.807) is 0 Å². The van der Waals surface area contributed by atoms with Crippen molar-refractivity contribution in [2.45, 2.75) is 32.1 Å². The number of sulfonamides is 1. The van der Waals surface area contributed by atoms with Crippen LogP contribution in [-0.2, 0) is 14.8 Å². The van der Waals surface area contributed by atoms with E-state index >= 15 is 0 Å². The van der Waals surface area contributed by atoms with E-state index in [9.17, 15) is 13.2 Å². The lowest BCUT2D eigenvalue weighted by Gasteiger charge is -2.16. The van der Waals surface area contributed by atoms with E-state index in [-0.39, 0.29) is 5.75 Å². The number of hydrogen-bond donors (Lipinski definition) is 1. The molecule has 1 aliphatic rings. The number of hydrogen-bond acceptors (Lipinski definition) is 3. The highest BCUT2D eigenvalue weighted by Gasteiger charge is 2.23. The minimum atomic E-state index is -3.39. The molecule has 0 spiro atoms. The summed E-state index contributed by atoms with van der Waals surface area (Å²) in [4.78, 5) is 10.4. The molecule has 0 unspecified atom stereocenters. The Labute approximate surface area is 96.5 Å². The lowest BCUT2D eigenvalue weighted by atomic mass is 10.1. The van der Waals surface area contributed by atoms with Gasteiger partial charge < -0.3 is 5.11 Å². The van der Waals surface area contributed by atoms with Crippen molar-refractivity contribution in [2.24, 2.45) is 5.92 Å². The molecule has 0 aromatic heterocycles. The quantitative estimate of drug-likeness (QED) is 0.759. The summed E-state index contributed by atoms with van der Waals surface area (Å²) in [7, 11) is -2.07. The molecule has 1 fully saturated rings. The van der Waals surface area contributed by atoms with Crippen LogP contribution in [0, 0.1) is 5.92 Å². The Morgan fingerprint density at radius 1 is 1.38 bits per heavy atom. The van der Waals surface area contributed by atoms with Gasteiger partial charge in [-0.2, -0.15) is 4.31 Å². The largest absolute Gasteiger partial charge is 0.480 e. The molecular weight excluding hydrogens is 230 g/mol. The molecule has 0 bridgehead atoms. The Balaban J connectivity index is 2.40. The van der Waals surface area contributed by atoms with Crippen molar-refractivity contribution in [1.82, 2.24) is 4.31 Å². The van der Waals surface area contributed by atoms with E-state index in [0.29, 0.717) is 12.3 Å². The van der Waals surface area contributed by atoms with Crippen LogP contribution in [-0.4, -0.2) is 43.1 Å². The van der Waals surface area contributed by atoms with Gasteiger partial charge in [-0.25, -0.2) is 8.42 Å². The summed E-state index contributed by atoms with van der Waals surface area (Å²) >= 11 is 0. The maximum atomic E-state index is 11.7. The van der Waals surface area contributed by atoms with Gasteiger partial charge in [-0.3, -0.25) is 4.79 Å². The molecule has 1 N–H and O–H groups in total. The molecule has 16 heavy (non-hydrogen) atoms. The smallest absolute Gasteiger partial charge is 0.318 e. The fourth-order valence-electron chi connectivity index (χ4n) is 2.06. The lowest BCUT2D eigenvalue weighted by Crippen LogP contribution is -2.34. The Morgan fingerprint density at radius 3 is 2.44 bits per heavy atom. The SMILES string of the molecule is CN(CC(=O)O)S(=O)(=O)CCC1CCCC1. The zero-order valence-corrected chi connectivity index (χ0v) is 10.4. The van der Waals surface area contributed by atoms with E-state index in [4.69, 9.17) is 5.11 Å². The molecular formula is C10H19NO4S. The van der Waals surface area contributed by atoms with Crippen LogP contribution in [0.3, 0.4) is 0 Å². The second kappa shape index (κ2) is 5.63. The van der Waals surface area contributed by atoms with Crippen LogP contribution in [0.2, 0.25) is 0 Å². The second-order valence-electron chi connectivity index (χ2n) is 4.40. The zero-order chi connectivity index (χ0) is 12.2. The third kappa shape index (κ3) is 4.09. The highest BCUT2D eigenvalue weighted by Crippen LogP contribution is 2.27. The zero-order valence-electron chi connectivity index (χ0n) is 9.55. The summed E-state index contributed by atoms with van der Waals surface area (Å²) in [6, 6.07) is 0. The molecule has 0 heterocycles. The van der Waals surface area contributed by atoms with Gasteiger partial charge in [0.25, 0.3) is 0 Å². The standard InChI is InChI=1S/C10H19NO4S/c1-11(8-10(12)13)16(14,15)7-6-9-4-2-3-5-9/h9H,2-8H2,1H3,(H,12,13). The molecule has 0 saturated heterocycles. The van der Waals surface area contributed by atoms with Crippen molar-refractivity contribution in [1.29, 1.82) is 0 Å². The molecule has 5 nitrogen and oxygen atoms in total. The van der Waals surface area contributed by atoms with Gasteiger partial charge in [0.1, 0.15) is 6.54 Å². The lowest BCUT2D eigenvalue weighted by molar-refractivity contribution is -0.137. The van der Waals surface area contributed by atoms with Gasteiger partial charge in [-0.05, 0) is 12.3 Å². The first kappa shape index (κ1) is 13.4. The van der Waals surface area contributed by atoms with Gasteiger partial charge in [-0.1, -0.05) is 25.7 Å². The Bertz CT molecular complexity index is 333. The van der Waals surface area contributed by atoms with Crippen LogP contribution >= 0.6 is 0 Å². The average Bonchev–Trinajstić information content (AvgIpc) is 2.66. The van der Waals surface area contributed by atoms with Crippen molar-refractivity contribution in [3.63, 3.8) is 0 Å². The van der Waals surface area contributed by atoms with E-state index < -0.39 is 22.5 Å². The third-order valence-electron chi connectivity index (χ3n) is 3.09. The van der Waals surface area contributed by atoms with Gasteiger partial charge in [0.2, 0.25) is 10.0 Å². The van der Waals surface area contributed by atoms with E-state index in [1.165, 1.54) is 19.9 Å². The van der Waals surface area contributed by atoms with Crippen molar-refractivity contribution in [3.05, 3.63) is 0 Å². The molecule has 1 aliphatic carbocycles. The highest BCUT2D eigenvalue weighted by molar-refractivity contribution is 7.89. The predicted molar refractivity (Wildman–Crippen MR) is 60.6 cm³/mol. The summed E-state index contributed by atoms with van der Waals surface area (Å²) < 4.78 is 24.3. The Morgan fingerprint density at radius 2 is 1.94 bits per heavy atom. The first-order valence-electron chi connectivity index (χ1n) is 5.57. The molecule has 94 valence electrons. The van der Waals surface area contributed by atoms with Crippen LogP contribution in [0.1, 0.15) is 32.1 Å². The summed E-state index contributed by atoms with van der Waals surface area (Å²) in [6.45, 7) is -0.451. The molecule has 0 aromatic carbocycles. The van der Waals surface area contributed by atoms with Crippen LogP contribution < -0.4 is 0 Å². The first-order chi connectivity index (χ1) is 7.42. The monoisotopic (exact) mass is 249 g/mol. The van der Waals surface area contributed by atoms with Crippen molar-refractivity contribution in [2.75, 3.05) is 19.3 Å². The summed E-state index contributed by atoms with van der Waals surface area (Å²) in [6.07, 6.45) is 5.26. The maximum absolute atomic E-state index is 11.7. The molecule has 0 amide bonds. The molecule has 6 heteroatoms. The van der Waals surface area contributed by atoms with Crippen LogP contribution in [0.4, 0.5) is 0 Å². The minimum absolute atomic E-state index is 0.0709. The topological polar surface area (TPSA) is 74.7 Å². The fraction of sp³-hybridized carbons (Fsp3) is 0.900. The number of nitrogens with zero attached hydrogens (tertiary/aromatic N) is 1. The van der Waals surface area contributed by atoms with E-state index in [0.717, 1.165) is 17.1 Å². The van der Waals surface area contributed by atoms with Gasteiger partial charge >= 0.3 is 5.97 Å². The third-order valence-corrected chi connectivity index (χ3v) is 4.92. The molecule has 1 saturated carbocycles. The van der Waals surface area contributed by atoms with Crippen molar-refractivity contribution < 1.29 is 18.3 Å². The summed E-state index contributed by atoms with van der Waals surface area (Å²) in [5.41, 5.74) is 0. The first-order valence-corrected chi connectivity index (χ1v) is 7.18. The summed E-state index contributed by atoms with van der Waals surface area (Å²) in [5, 5.41) is 8.52. The molecule has 0 aromatic rings. The Kier molecular flexibility index (Phi) is 4.73. The molecule has 0 radical (unpaired) electrons. The van der Waals surface area contributed by atoms with Gasteiger partial charge in [0.05, 0.1) is 5.75 Å². The highest BCUT2D eigenvalue weighted by atomic mass is 32.2. The van der Waals surface area contributed by atoms with E-state index in [1.807, 2.05) is 0 Å². The van der Waals surface area contributed by atoms with Gasteiger partial charge in [-0.15, -0.1) is 0 Å². The van der Waals surface area contributed by atoms with E-state index in [2.05, 4.69) is 0 Å². The van der Waals surface area contributed by atoms with Crippen LogP contribution in [0.5, 0.6) is 0 Å². The predicted octanol–water partition coefficient (Wildman–Crippen LogP) is 0.913. The number of rotatable bonds is 6. The van der Waals surface area contributed by atoms with Crippen LogP contribution in [0.15, 0.2) is 0 Å².